The van der Waals surface area contributed by atoms with E-state index in [-0.39, 0.29) is 5.82 Å². The molecule has 0 amide bonds. The van der Waals surface area contributed by atoms with E-state index < -0.39 is 0 Å². The Hall–Kier alpha value is -1.38. The van der Waals surface area contributed by atoms with Gasteiger partial charge in [-0.1, -0.05) is 42.8 Å². The smallest absolute Gasteiger partial charge is 0.132 e. The Morgan fingerprint density at radius 1 is 1.16 bits per heavy atom. The molecule has 1 N–H and O–H groups in total. The van der Waals surface area contributed by atoms with Crippen molar-refractivity contribution in [2.45, 2.75) is 19.9 Å². The maximum atomic E-state index is 13.8. The maximum Gasteiger partial charge on any atom is 0.132 e. The van der Waals surface area contributed by atoms with Crippen LogP contribution in [-0.4, -0.2) is 6.54 Å². The van der Waals surface area contributed by atoms with E-state index in [9.17, 15) is 4.39 Å². The van der Waals surface area contributed by atoms with Gasteiger partial charge in [-0.05, 0) is 42.8 Å². The van der Waals surface area contributed by atoms with E-state index in [0.717, 1.165) is 12.1 Å². The summed E-state index contributed by atoms with van der Waals surface area (Å²) in [4.78, 5) is 0. The lowest BCUT2D eigenvalue weighted by molar-refractivity contribution is 0.598. The quantitative estimate of drug-likeness (QED) is 0.845. The Bertz CT molecular complexity index is 551. The summed E-state index contributed by atoms with van der Waals surface area (Å²) in [6, 6.07) is 13.0. The number of hydrogen-bond donors (Lipinski definition) is 1. The highest BCUT2D eigenvalue weighted by molar-refractivity contribution is 6.30. The summed E-state index contributed by atoms with van der Waals surface area (Å²) >= 11 is 5.76. The molecule has 0 radical (unpaired) electrons. The van der Waals surface area contributed by atoms with E-state index in [1.165, 1.54) is 11.6 Å². The maximum absolute atomic E-state index is 13.8. The fraction of sp³-hybridized carbons (Fsp3) is 0.250. The van der Waals surface area contributed by atoms with Crippen molar-refractivity contribution < 1.29 is 4.39 Å². The largest absolute Gasteiger partial charge is 0.310 e. The van der Waals surface area contributed by atoms with Crippen LogP contribution in [0, 0.1) is 5.82 Å². The first kappa shape index (κ1) is 14.0. The van der Waals surface area contributed by atoms with Crippen molar-refractivity contribution in [1.29, 1.82) is 0 Å². The van der Waals surface area contributed by atoms with Gasteiger partial charge in [-0.25, -0.2) is 4.39 Å². The SMILES string of the molecule is CCNC(C)c1ccc(-c2ccc(Cl)cc2F)cc1. The zero-order chi connectivity index (χ0) is 13.8. The molecule has 0 spiro atoms. The highest BCUT2D eigenvalue weighted by Gasteiger charge is 2.07. The highest BCUT2D eigenvalue weighted by Crippen LogP contribution is 2.26. The molecule has 0 aliphatic carbocycles. The van der Waals surface area contributed by atoms with Crippen LogP contribution in [0.5, 0.6) is 0 Å². The number of hydrogen-bond acceptors (Lipinski definition) is 1. The lowest BCUT2D eigenvalue weighted by Crippen LogP contribution is -2.17. The summed E-state index contributed by atoms with van der Waals surface area (Å²) in [5.41, 5.74) is 2.63. The number of benzene rings is 2. The van der Waals surface area contributed by atoms with Gasteiger partial charge in [0.15, 0.2) is 0 Å². The van der Waals surface area contributed by atoms with Crippen molar-refractivity contribution >= 4 is 11.6 Å². The topological polar surface area (TPSA) is 12.0 Å². The van der Waals surface area contributed by atoms with Crippen LogP contribution in [-0.2, 0) is 0 Å². The molecule has 0 saturated heterocycles. The van der Waals surface area contributed by atoms with Crippen molar-refractivity contribution in [1.82, 2.24) is 5.32 Å². The molecule has 1 unspecified atom stereocenters. The summed E-state index contributed by atoms with van der Waals surface area (Å²) in [6.07, 6.45) is 0. The molecule has 0 aliphatic heterocycles. The Morgan fingerprint density at radius 2 is 1.84 bits per heavy atom. The van der Waals surface area contributed by atoms with Crippen LogP contribution in [0.1, 0.15) is 25.5 Å². The van der Waals surface area contributed by atoms with Gasteiger partial charge in [-0.3, -0.25) is 0 Å². The van der Waals surface area contributed by atoms with Gasteiger partial charge in [0.1, 0.15) is 5.82 Å². The van der Waals surface area contributed by atoms with E-state index in [2.05, 4.69) is 19.2 Å². The molecule has 0 aromatic heterocycles. The van der Waals surface area contributed by atoms with E-state index in [0.29, 0.717) is 16.6 Å². The predicted octanol–water partition coefficient (Wildman–Crippen LogP) is 4.82. The van der Waals surface area contributed by atoms with E-state index in [1.807, 2.05) is 24.3 Å². The van der Waals surface area contributed by atoms with Crippen molar-refractivity contribution in [2.75, 3.05) is 6.54 Å². The lowest BCUT2D eigenvalue weighted by atomic mass is 10.0. The van der Waals surface area contributed by atoms with Crippen molar-refractivity contribution in [2.24, 2.45) is 0 Å². The number of rotatable bonds is 4. The first-order chi connectivity index (χ1) is 9.11. The van der Waals surface area contributed by atoms with Crippen LogP contribution in [0.15, 0.2) is 42.5 Å². The summed E-state index contributed by atoms with van der Waals surface area (Å²) < 4.78 is 13.8. The third-order valence-electron chi connectivity index (χ3n) is 3.16. The fourth-order valence-corrected chi connectivity index (χ4v) is 2.26. The lowest BCUT2D eigenvalue weighted by Gasteiger charge is -2.13. The summed E-state index contributed by atoms with van der Waals surface area (Å²) in [5.74, 6) is -0.292. The Balaban J connectivity index is 2.27. The fourth-order valence-electron chi connectivity index (χ4n) is 2.10. The Labute approximate surface area is 118 Å². The molecule has 0 aliphatic rings. The molecular formula is C16H17ClFN. The number of nitrogens with one attached hydrogen (secondary N) is 1. The molecule has 0 fully saturated rings. The molecule has 3 heteroatoms. The molecule has 1 atom stereocenters. The average molecular weight is 278 g/mol. The van der Waals surface area contributed by atoms with Gasteiger partial charge in [-0.15, -0.1) is 0 Å². The van der Waals surface area contributed by atoms with Crippen LogP contribution in [0.3, 0.4) is 0 Å². The van der Waals surface area contributed by atoms with Crippen molar-refractivity contribution in [3.63, 3.8) is 0 Å². The van der Waals surface area contributed by atoms with Crippen LogP contribution < -0.4 is 5.32 Å². The molecule has 2 aromatic rings. The second-order valence-electron chi connectivity index (χ2n) is 4.53. The second-order valence-corrected chi connectivity index (χ2v) is 4.96. The Kier molecular flexibility index (Phi) is 4.56. The van der Waals surface area contributed by atoms with Gasteiger partial charge in [0, 0.05) is 16.6 Å². The van der Waals surface area contributed by atoms with E-state index in [4.69, 9.17) is 11.6 Å². The summed E-state index contributed by atoms with van der Waals surface area (Å²) in [5, 5.41) is 3.76. The van der Waals surface area contributed by atoms with Crippen LogP contribution in [0.2, 0.25) is 5.02 Å². The van der Waals surface area contributed by atoms with Gasteiger partial charge in [0.2, 0.25) is 0 Å². The minimum atomic E-state index is -0.292. The zero-order valence-corrected chi connectivity index (χ0v) is 11.8. The van der Waals surface area contributed by atoms with Gasteiger partial charge in [0.25, 0.3) is 0 Å². The normalized spacial score (nSPS) is 12.4. The highest BCUT2D eigenvalue weighted by atomic mass is 35.5. The number of halogens is 2. The van der Waals surface area contributed by atoms with E-state index in [1.54, 1.807) is 12.1 Å². The minimum Gasteiger partial charge on any atom is -0.310 e. The monoisotopic (exact) mass is 277 g/mol. The Morgan fingerprint density at radius 3 is 2.42 bits per heavy atom. The van der Waals surface area contributed by atoms with Gasteiger partial charge >= 0.3 is 0 Å². The minimum absolute atomic E-state index is 0.292. The van der Waals surface area contributed by atoms with Crippen LogP contribution in [0.25, 0.3) is 11.1 Å². The summed E-state index contributed by atoms with van der Waals surface area (Å²) in [6.45, 7) is 5.12. The first-order valence-electron chi connectivity index (χ1n) is 6.40. The third-order valence-corrected chi connectivity index (χ3v) is 3.40. The molecule has 0 heterocycles. The molecule has 100 valence electrons. The molecule has 1 nitrogen and oxygen atoms in total. The van der Waals surface area contributed by atoms with Crippen molar-refractivity contribution in [3.05, 3.63) is 58.9 Å². The first-order valence-corrected chi connectivity index (χ1v) is 6.78. The van der Waals surface area contributed by atoms with Crippen LogP contribution >= 0.6 is 11.6 Å². The molecular weight excluding hydrogens is 261 g/mol. The average Bonchev–Trinajstić information content (AvgIpc) is 2.39. The van der Waals surface area contributed by atoms with Gasteiger partial charge in [-0.2, -0.15) is 0 Å². The van der Waals surface area contributed by atoms with Gasteiger partial charge in [0.05, 0.1) is 0 Å². The predicted molar refractivity (Wildman–Crippen MR) is 78.9 cm³/mol. The molecule has 0 saturated carbocycles. The third kappa shape index (κ3) is 3.34. The van der Waals surface area contributed by atoms with Crippen LogP contribution in [0.4, 0.5) is 4.39 Å². The zero-order valence-electron chi connectivity index (χ0n) is 11.1. The van der Waals surface area contributed by atoms with Crippen molar-refractivity contribution in [3.8, 4) is 11.1 Å². The molecule has 19 heavy (non-hydrogen) atoms. The molecule has 0 bridgehead atoms. The summed E-state index contributed by atoms with van der Waals surface area (Å²) in [7, 11) is 0. The molecule has 2 aromatic carbocycles. The second kappa shape index (κ2) is 6.18. The standard InChI is InChI=1S/C16H17ClFN/c1-3-19-11(2)12-4-6-13(7-5-12)15-9-8-14(17)10-16(15)18/h4-11,19H,3H2,1-2H3. The van der Waals surface area contributed by atoms with E-state index >= 15 is 0 Å². The molecule has 2 rings (SSSR count). The van der Waals surface area contributed by atoms with Gasteiger partial charge < -0.3 is 5.32 Å².